The lowest BCUT2D eigenvalue weighted by atomic mass is 9.92. The van der Waals surface area contributed by atoms with Gasteiger partial charge in [-0.25, -0.2) is 9.97 Å². The topological polar surface area (TPSA) is 47.0 Å². The van der Waals surface area contributed by atoms with Gasteiger partial charge in [-0.3, -0.25) is 0 Å². The predicted octanol–water partition coefficient (Wildman–Crippen LogP) is 3.39. The van der Waals surface area contributed by atoms with Crippen LogP contribution in [-0.4, -0.2) is 29.7 Å². The second-order valence-corrected chi connectivity index (χ2v) is 6.46. The first-order valence-corrected chi connectivity index (χ1v) is 7.86. The van der Waals surface area contributed by atoms with Crippen LogP contribution in [-0.2, 0) is 16.6 Å². The molecule has 0 saturated carbocycles. The smallest absolute Gasteiger partial charge is 0.143 e. The summed E-state index contributed by atoms with van der Waals surface area (Å²) < 4.78 is 6.51. The zero-order valence-corrected chi connectivity index (χ0v) is 14.7. The maximum atomic E-state index is 5.39. The molecule has 0 aliphatic heterocycles. The summed E-state index contributed by atoms with van der Waals surface area (Å²) >= 11 is 2.33. The summed E-state index contributed by atoms with van der Waals surface area (Å²) in [6, 6.07) is 0. The van der Waals surface area contributed by atoms with E-state index in [9.17, 15) is 0 Å². The molecule has 0 amide bonds. The molecule has 5 heteroatoms. The normalized spacial score (nSPS) is 11.7. The van der Waals surface area contributed by atoms with Crippen molar-refractivity contribution >= 4 is 28.4 Å². The lowest BCUT2D eigenvalue weighted by molar-refractivity contribution is 0.149. The van der Waals surface area contributed by atoms with Crippen LogP contribution in [0.1, 0.15) is 46.1 Å². The average Bonchev–Trinajstić information content (AvgIpc) is 2.32. The van der Waals surface area contributed by atoms with Crippen LogP contribution in [0, 0.1) is 3.57 Å². The highest BCUT2D eigenvalue weighted by atomic mass is 127. The van der Waals surface area contributed by atoms with E-state index < -0.39 is 0 Å². The van der Waals surface area contributed by atoms with Crippen molar-refractivity contribution < 1.29 is 4.74 Å². The zero-order valence-electron chi connectivity index (χ0n) is 12.5. The van der Waals surface area contributed by atoms with Crippen molar-refractivity contribution in [3.63, 3.8) is 0 Å². The van der Waals surface area contributed by atoms with E-state index in [0.717, 1.165) is 40.5 Å². The number of ether oxygens (including phenoxy) is 1. The van der Waals surface area contributed by atoms with Crippen molar-refractivity contribution in [2.45, 2.75) is 46.5 Å². The second-order valence-electron chi connectivity index (χ2n) is 5.38. The molecule has 1 heterocycles. The standard InChI is InChI=1S/C14H24IN3O/c1-6-16-13-11(15)12(14(3,4)5)17-10(18-13)8-9-19-7-2/h6-9H2,1-5H3,(H,16,17,18). The van der Waals surface area contributed by atoms with E-state index >= 15 is 0 Å². The lowest BCUT2D eigenvalue weighted by Crippen LogP contribution is -2.20. The Morgan fingerprint density at radius 1 is 1.21 bits per heavy atom. The molecule has 0 unspecified atom stereocenters. The van der Waals surface area contributed by atoms with Gasteiger partial charge < -0.3 is 10.1 Å². The summed E-state index contributed by atoms with van der Waals surface area (Å²) in [5, 5.41) is 3.32. The van der Waals surface area contributed by atoms with Crippen molar-refractivity contribution in [2.75, 3.05) is 25.1 Å². The highest BCUT2D eigenvalue weighted by Crippen LogP contribution is 2.29. The first-order chi connectivity index (χ1) is 8.90. The Morgan fingerprint density at radius 3 is 2.42 bits per heavy atom. The van der Waals surface area contributed by atoms with Crippen molar-refractivity contribution in [2.24, 2.45) is 0 Å². The molecule has 0 atom stereocenters. The number of nitrogens with zero attached hydrogens (tertiary/aromatic N) is 2. The van der Waals surface area contributed by atoms with E-state index in [4.69, 9.17) is 9.72 Å². The Bertz CT molecular complexity index is 416. The largest absolute Gasteiger partial charge is 0.381 e. The van der Waals surface area contributed by atoms with Gasteiger partial charge in [0.2, 0.25) is 0 Å². The number of hydrogen-bond donors (Lipinski definition) is 1. The number of rotatable bonds is 6. The average molecular weight is 377 g/mol. The third-order valence-corrected chi connectivity index (χ3v) is 3.65. The second kappa shape index (κ2) is 7.38. The summed E-state index contributed by atoms with van der Waals surface area (Å²) in [6.45, 7) is 12.9. The predicted molar refractivity (Wildman–Crippen MR) is 87.8 cm³/mol. The summed E-state index contributed by atoms with van der Waals surface area (Å²) in [7, 11) is 0. The van der Waals surface area contributed by atoms with Crippen LogP contribution >= 0.6 is 22.6 Å². The molecular formula is C14H24IN3O. The van der Waals surface area contributed by atoms with Crippen LogP contribution in [0.5, 0.6) is 0 Å². The maximum absolute atomic E-state index is 5.39. The molecular weight excluding hydrogens is 353 g/mol. The van der Waals surface area contributed by atoms with Gasteiger partial charge >= 0.3 is 0 Å². The van der Waals surface area contributed by atoms with E-state index in [0.29, 0.717) is 6.61 Å². The molecule has 0 spiro atoms. The first-order valence-electron chi connectivity index (χ1n) is 6.78. The van der Waals surface area contributed by atoms with Crippen molar-refractivity contribution in [3.8, 4) is 0 Å². The molecule has 19 heavy (non-hydrogen) atoms. The number of nitrogens with one attached hydrogen (secondary N) is 1. The molecule has 0 radical (unpaired) electrons. The van der Waals surface area contributed by atoms with Gasteiger partial charge in [0, 0.05) is 25.0 Å². The van der Waals surface area contributed by atoms with Crippen molar-refractivity contribution in [1.82, 2.24) is 9.97 Å². The molecule has 1 N–H and O–H groups in total. The summed E-state index contributed by atoms with van der Waals surface area (Å²) in [5.41, 5.74) is 1.12. The van der Waals surface area contributed by atoms with Gasteiger partial charge in [0.1, 0.15) is 11.6 Å². The molecule has 0 saturated heterocycles. The molecule has 1 rings (SSSR count). The van der Waals surface area contributed by atoms with E-state index in [-0.39, 0.29) is 5.41 Å². The minimum absolute atomic E-state index is 0.0179. The Morgan fingerprint density at radius 2 is 1.89 bits per heavy atom. The van der Waals surface area contributed by atoms with Gasteiger partial charge in [-0.2, -0.15) is 0 Å². The molecule has 0 aliphatic rings. The van der Waals surface area contributed by atoms with Gasteiger partial charge in [-0.05, 0) is 36.4 Å². The van der Waals surface area contributed by atoms with Crippen LogP contribution in [0.25, 0.3) is 0 Å². The Hall–Kier alpha value is -0.430. The van der Waals surface area contributed by atoms with Gasteiger partial charge in [-0.15, -0.1) is 0 Å². The van der Waals surface area contributed by atoms with Crippen LogP contribution in [0.3, 0.4) is 0 Å². The molecule has 0 fully saturated rings. The van der Waals surface area contributed by atoms with Crippen molar-refractivity contribution in [1.29, 1.82) is 0 Å². The van der Waals surface area contributed by atoms with Gasteiger partial charge in [0.25, 0.3) is 0 Å². The van der Waals surface area contributed by atoms with Gasteiger partial charge in [0.05, 0.1) is 15.9 Å². The fourth-order valence-corrected chi connectivity index (χ4v) is 2.94. The lowest BCUT2D eigenvalue weighted by Gasteiger charge is -2.22. The SMILES string of the molecule is CCNc1nc(CCOCC)nc(C(C)(C)C)c1I. The van der Waals surface area contributed by atoms with Crippen LogP contribution in [0.2, 0.25) is 0 Å². The molecule has 108 valence electrons. The Kier molecular flexibility index (Phi) is 6.46. The van der Waals surface area contributed by atoms with E-state index in [1.54, 1.807) is 0 Å². The van der Waals surface area contributed by atoms with Crippen LogP contribution < -0.4 is 5.32 Å². The number of halogens is 1. The number of anilines is 1. The first kappa shape index (κ1) is 16.6. The number of hydrogen-bond acceptors (Lipinski definition) is 4. The van der Waals surface area contributed by atoms with Gasteiger partial charge in [0.15, 0.2) is 0 Å². The third kappa shape index (κ3) is 4.87. The van der Waals surface area contributed by atoms with E-state index in [1.807, 2.05) is 6.92 Å². The highest BCUT2D eigenvalue weighted by molar-refractivity contribution is 14.1. The molecule has 1 aromatic rings. The van der Waals surface area contributed by atoms with Crippen LogP contribution in [0.15, 0.2) is 0 Å². The van der Waals surface area contributed by atoms with E-state index in [2.05, 4.69) is 60.6 Å². The molecule has 1 aromatic heterocycles. The highest BCUT2D eigenvalue weighted by Gasteiger charge is 2.22. The minimum atomic E-state index is 0.0179. The third-order valence-electron chi connectivity index (χ3n) is 2.63. The quantitative estimate of drug-likeness (QED) is 0.610. The zero-order chi connectivity index (χ0) is 14.5. The van der Waals surface area contributed by atoms with E-state index in [1.165, 1.54) is 0 Å². The minimum Gasteiger partial charge on any atom is -0.381 e. The molecule has 0 aliphatic carbocycles. The molecule has 0 aromatic carbocycles. The fraction of sp³-hybridized carbons (Fsp3) is 0.714. The maximum Gasteiger partial charge on any atom is 0.143 e. The summed E-state index contributed by atoms with van der Waals surface area (Å²) in [6.07, 6.45) is 0.756. The molecule has 0 bridgehead atoms. The Labute approximate surface area is 129 Å². The Balaban J connectivity index is 3.08. The van der Waals surface area contributed by atoms with Gasteiger partial charge in [-0.1, -0.05) is 20.8 Å². The monoisotopic (exact) mass is 377 g/mol. The summed E-state index contributed by atoms with van der Waals surface area (Å²) in [5.74, 6) is 1.80. The fourth-order valence-electron chi connectivity index (χ4n) is 1.69. The van der Waals surface area contributed by atoms with Crippen molar-refractivity contribution in [3.05, 3.63) is 15.1 Å². The van der Waals surface area contributed by atoms with Crippen LogP contribution in [0.4, 0.5) is 5.82 Å². The molecule has 4 nitrogen and oxygen atoms in total. The number of aromatic nitrogens is 2. The summed E-state index contributed by atoms with van der Waals surface area (Å²) in [4.78, 5) is 9.32.